The molecule has 0 aliphatic carbocycles. The zero-order valence-corrected chi connectivity index (χ0v) is 36.0. The van der Waals surface area contributed by atoms with Crippen molar-refractivity contribution < 1.29 is 14.3 Å². The fraction of sp³-hybridized carbons (Fsp3) is 0.429. The Kier molecular flexibility index (Phi) is 12.4. The number of aryl methyl sites for hydroxylation is 2. The van der Waals surface area contributed by atoms with Gasteiger partial charge in [0.25, 0.3) is 11.8 Å². The first-order chi connectivity index (χ1) is 29.3. The summed E-state index contributed by atoms with van der Waals surface area (Å²) >= 11 is 0. The van der Waals surface area contributed by atoms with E-state index in [1.807, 2.05) is 52.4 Å². The first-order valence-corrected chi connectivity index (χ1v) is 22.2. The Morgan fingerprint density at radius 2 is 1.23 bits per heavy atom. The van der Waals surface area contributed by atoms with Crippen LogP contribution in [0.3, 0.4) is 0 Å². The van der Waals surface area contributed by atoms with Gasteiger partial charge in [0, 0.05) is 84.9 Å². The maximum Gasteiger partial charge on any atom is 0.270 e. The molecule has 2 fully saturated rings. The smallest absolute Gasteiger partial charge is 0.270 e. The van der Waals surface area contributed by atoms with E-state index >= 15 is 0 Å². The number of benzene rings is 2. The van der Waals surface area contributed by atoms with Crippen LogP contribution in [-0.2, 0) is 12.8 Å². The highest BCUT2D eigenvalue weighted by atomic mass is 16.5. The maximum absolute atomic E-state index is 13.9. The van der Waals surface area contributed by atoms with Crippen LogP contribution >= 0.6 is 0 Å². The molecule has 314 valence electrons. The fourth-order valence-corrected chi connectivity index (χ4v) is 9.53. The Morgan fingerprint density at radius 1 is 0.683 bits per heavy atom. The molecule has 0 saturated carbocycles. The topological polar surface area (TPSA) is 114 Å². The van der Waals surface area contributed by atoms with E-state index in [9.17, 15) is 9.59 Å². The van der Waals surface area contributed by atoms with E-state index < -0.39 is 0 Å². The van der Waals surface area contributed by atoms with Gasteiger partial charge in [0.2, 0.25) is 0 Å². The molecule has 0 spiro atoms. The number of anilines is 2. The van der Waals surface area contributed by atoms with Gasteiger partial charge in [-0.2, -0.15) is 0 Å². The summed E-state index contributed by atoms with van der Waals surface area (Å²) in [7, 11) is 1.65. The van der Waals surface area contributed by atoms with E-state index in [0.717, 1.165) is 128 Å². The summed E-state index contributed by atoms with van der Waals surface area (Å²) in [5.41, 5.74) is 7.60. The van der Waals surface area contributed by atoms with E-state index in [1.54, 1.807) is 7.11 Å². The van der Waals surface area contributed by atoms with Crippen molar-refractivity contribution in [1.82, 2.24) is 29.7 Å². The Hall–Kier alpha value is -5.84. The third kappa shape index (κ3) is 8.31. The third-order valence-electron chi connectivity index (χ3n) is 12.7. The summed E-state index contributed by atoms with van der Waals surface area (Å²) < 4.78 is 5.38. The molecule has 11 nitrogen and oxygen atoms in total. The molecule has 0 bridgehead atoms. The molecule has 2 amide bonds. The molecule has 2 aliphatic heterocycles. The zero-order valence-electron chi connectivity index (χ0n) is 36.0. The molecular formula is C49H60N8O3. The van der Waals surface area contributed by atoms with Crippen molar-refractivity contribution in [2.24, 2.45) is 0 Å². The van der Waals surface area contributed by atoms with Gasteiger partial charge in [-0.1, -0.05) is 44.9 Å². The number of methoxy groups -OCH3 is 1. The minimum absolute atomic E-state index is 0.0359. The van der Waals surface area contributed by atoms with Crippen molar-refractivity contribution in [2.75, 3.05) is 56.2 Å². The Labute approximate surface area is 354 Å². The SMILES string of the molecule is CCCc1cccnc1N(CC)C1CCN(C(=O)c2cc3cc(-c4ccc(CCC)c(N(CC)C5CCN(C(=O)c6cc7cc(OC)ccc7[nH]6)CC5)n4)ccc3[nH]2)CC1. The van der Waals surface area contributed by atoms with Crippen LogP contribution in [0.15, 0.2) is 79.0 Å². The van der Waals surface area contributed by atoms with E-state index in [1.165, 1.54) is 11.1 Å². The van der Waals surface area contributed by atoms with Crippen LogP contribution in [-0.4, -0.2) is 100 Å². The molecule has 2 aromatic carbocycles. The van der Waals surface area contributed by atoms with E-state index in [2.05, 4.69) is 83.9 Å². The molecule has 8 rings (SSSR count). The number of piperidine rings is 2. The average molecular weight is 809 g/mol. The number of pyridine rings is 2. The second-order valence-electron chi connectivity index (χ2n) is 16.4. The standard InChI is InChI=1S/C49H60N8O3/c1-6-11-33-13-10-24-50-46(33)56(8-3)38-20-25-54(26-21-38)48(58)44-31-36-29-35(15-18-42(36)51-44)41-17-14-34(12-7-2)47(53-41)57(9-4)39-22-27-55(28-23-39)49(59)45-32-37-30-40(60-5)16-19-43(37)52-45/h10,13-19,24,29-32,38-39,51-52H,6-9,11-12,20-23,25-28H2,1-5H3. The third-order valence-corrected chi connectivity index (χ3v) is 12.7. The number of H-pyrrole nitrogens is 2. The number of amides is 2. The van der Waals surface area contributed by atoms with Crippen molar-refractivity contribution >= 4 is 45.3 Å². The molecule has 0 radical (unpaired) electrons. The van der Waals surface area contributed by atoms with Gasteiger partial charge in [0.1, 0.15) is 28.8 Å². The number of aromatic amines is 2. The Bertz CT molecular complexity index is 2440. The first-order valence-electron chi connectivity index (χ1n) is 22.2. The molecule has 60 heavy (non-hydrogen) atoms. The lowest BCUT2D eigenvalue weighted by molar-refractivity contribution is 0.0700. The quantitative estimate of drug-likeness (QED) is 0.113. The van der Waals surface area contributed by atoms with E-state index in [0.29, 0.717) is 30.5 Å². The number of fused-ring (bicyclic) bond motifs is 2. The molecule has 11 heteroatoms. The van der Waals surface area contributed by atoms with Crippen LogP contribution in [0, 0.1) is 0 Å². The minimum Gasteiger partial charge on any atom is -0.497 e. The van der Waals surface area contributed by atoms with Gasteiger partial charge >= 0.3 is 0 Å². The highest BCUT2D eigenvalue weighted by Gasteiger charge is 2.31. The summed E-state index contributed by atoms with van der Waals surface area (Å²) in [5.74, 6) is 2.99. The number of nitrogens with zero attached hydrogens (tertiary/aromatic N) is 6. The number of carbonyl (C=O) groups excluding carboxylic acids is 2. The predicted octanol–water partition coefficient (Wildman–Crippen LogP) is 9.28. The number of hydrogen-bond donors (Lipinski definition) is 2. The number of rotatable bonds is 14. The minimum atomic E-state index is 0.0359. The zero-order chi connectivity index (χ0) is 41.8. The van der Waals surface area contributed by atoms with Gasteiger partial charge in [-0.3, -0.25) is 9.59 Å². The highest BCUT2D eigenvalue weighted by Crippen LogP contribution is 2.33. The molecule has 2 N–H and O–H groups in total. The number of nitrogens with one attached hydrogen (secondary N) is 2. The van der Waals surface area contributed by atoms with Gasteiger partial charge in [-0.15, -0.1) is 0 Å². The second-order valence-corrected chi connectivity index (χ2v) is 16.4. The van der Waals surface area contributed by atoms with Crippen molar-refractivity contribution in [1.29, 1.82) is 0 Å². The molecule has 6 heterocycles. The molecule has 2 aliphatic rings. The van der Waals surface area contributed by atoms with Crippen molar-refractivity contribution in [3.63, 3.8) is 0 Å². The number of ether oxygens (including phenoxy) is 1. The van der Waals surface area contributed by atoms with Crippen LogP contribution in [0.1, 0.15) is 98.3 Å². The van der Waals surface area contributed by atoms with Crippen molar-refractivity contribution in [3.05, 3.63) is 102 Å². The lowest BCUT2D eigenvalue weighted by Gasteiger charge is -2.39. The fourth-order valence-electron chi connectivity index (χ4n) is 9.53. The Morgan fingerprint density at radius 3 is 1.80 bits per heavy atom. The predicted molar refractivity (Wildman–Crippen MR) is 242 cm³/mol. The molecule has 6 aromatic rings. The van der Waals surface area contributed by atoms with Crippen LogP contribution < -0.4 is 14.5 Å². The number of likely N-dealkylation sites (tertiary alicyclic amines) is 2. The molecule has 2 saturated heterocycles. The summed E-state index contributed by atoms with van der Waals surface area (Å²) in [5, 5.41) is 1.97. The van der Waals surface area contributed by atoms with Gasteiger partial charge in [-0.25, -0.2) is 9.97 Å². The Balaban J connectivity index is 0.946. The molecular weight excluding hydrogens is 749 g/mol. The number of carbonyl (C=O) groups is 2. The molecule has 0 atom stereocenters. The lowest BCUT2D eigenvalue weighted by atomic mass is 10.0. The van der Waals surface area contributed by atoms with Gasteiger partial charge in [0.15, 0.2) is 0 Å². The van der Waals surface area contributed by atoms with Crippen LogP contribution in [0.4, 0.5) is 11.6 Å². The lowest BCUT2D eigenvalue weighted by Crippen LogP contribution is -2.47. The van der Waals surface area contributed by atoms with Gasteiger partial charge in [-0.05, 0) is 118 Å². The first kappa shape index (κ1) is 40.9. The van der Waals surface area contributed by atoms with E-state index in [4.69, 9.17) is 14.7 Å². The van der Waals surface area contributed by atoms with E-state index in [-0.39, 0.29) is 17.9 Å². The normalized spacial score (nSPS) is 15.2. The van der Waals surface area contributed by atoms with Crippen LogP contribution in [0.25, 0.3) is 33.1 Å². The summed E-state index contributed by atoms with van der Waals surface area (Å²) in [6, 6.07) is 25.3. The maximum atomic E-state index is 13.9. The van der Waals surface area contributed by atoms with Gasteiger partial charge < -0.3 is 34.3 Å². The highest BCUT2D eigenvalue weighted by molar-refractivity contribution is 5.99. The van der Waals surface area contributed by atoms with Crippen LogP contribution in [0.2, 0.25) is 0 Å². The van der Waals surface area contributed by atoms with Gasteiger partial charge in [0.05, 0.1) is 12.8 Å². The monoisotopic (exact) mass is 808 g/mol. The second kappa shape index (κ2) is 18.2. The average Bonchev–Trinajstić information content (AvgIpc) is 3.92. The molecule has 0 unspecified atom stereocenters. The number of aromatic nitrogens is 4. The van der Waals surface area contributed by atoms with Crippen molar-refractivity contribution in [2.45, 2.75) is 91.1 Å². The van der Waals surface area contributed by atoms with Crippen molar-refractivity contribution in [3.8, 4) is 17.0 Å². The molecule has 4 aromatic heterocycles. The summed E-state index contributed by atoms with van der Waals surface area (Å²) in [4.78, 5) is 53.3. The summed E-state index contributed by atoms with van der Waals surface area (Å²) in [6.45, 7) is 13.4. The largest absolute Gasteiger partial charge is 0.497 e. The number of hydrogen-bond acceptors (Lipinski definition) is 7. The van der Waals surface area contributed by atoms with Crippen LogP contribution in [0.5, 0.6) is 5.75 Å². The summed E-state index contributed by atoms with van der Waals surface area (Å²) in [6.07, 6.45) is 9.56.